The van der Waals surface area contributed by atoms with Gasteiger partial charge in [0.15, 0.2) is 11.6 Å². The summed E-state index contributed by atoms with van der Waals surface area (Å²) in [7, 11) is 0. The third-order valence-electron chi connectivity index (χ3n) is 2.99. The molecule has 19 heavy (non-hydrogen) atoms. The van der Waals surface area contributed by atoms with Crippen LogP contribution < -0.4 is 0 Å². The van der Waals surface area contributed by atoms with E-state index in [1.165, 1.54) is 6.20 Å². The molecule has 96 valence electrons. The summed E-state index contributed by atoms with van der Waals surface area (Å²) in [6, 6.07) is 8.97. The molecule has 0 saturated carbocycles. The Hall–Kier alpha value is -2.29. The zero-order valence-corrected chi connectivity index (χ0v) is 11.0. The third kappa shape index (κ3) is 3.13. The Bertz CT molecular complexity index is 618. The van der Waals surface area contributed by atoms with Gasteiger partial charge in [0.25, 0.3) is 0 Å². The highest BCUT2D eigenvalue weighted by Crippen LogP contribution is 2.14. The predicted octanol–water partition coefficient (Wildman–Crippen LogP) is 3.15. The van der Waals surface area contributed by atoms with E-state index >= 15 is 0 Å². The lowest BCUT2D eigenvalue weighted by Crippen LogP contribution is -2.10. The molecule has 0 saturated heterocycles. The number of benzene rings is 1. The summed E-state index contributed by atoms with van der Waals surface area (Å²) in [5.41, 5.74) is 3.10. The number of hydrogen-bond donors (Lipinski definition) is 0. The molecule has 1 aromatic heterocycles. The molecule has 2 aromatic rings. The summed E-state index contributed by atoms with van der Waals surface area (Å²) >= 11 is 0. The summed E-state index contributed by atoms with van der Waals surface area (Å²) < 4.78 is 0. The summed E-state index contributed by atoms with van der Waals surface area (Å²) in [5, 5.41) is 0. The summed E-state index contributed by atoms with van der Waals surface area (Å²) in [5.74, 6) is -0.343. The van der Waals surface area contributed by atoms with Gasteiger partial charge in [0.05, 0.1) is 6.42 Å². The fourth-order valence-corrected chi connectivity index (χ4v) is 2.00. The maximum atomic E-state index is 12.1. The highest BCUT2D eigenvalue weighted by molar-refractivity contribution is 6.13. The highest BCUT2D eigenvalue weighted by atomic mass is 16.1. The van der Waals surface area contributed by atoms with Crippen LogP contribution in [-0.4, -0.2) is 16.6 Å². The molecule has 0 fully saturated rings. The number of Topliss-reactive ketones (excluding diaryl/α,β-unsaturated/α-hetero) is 2. The molecule has 1 aromatic carbocycles. The Morgan fingerprint density at radius 2 is 1.89 bits per heavy atom. The van der Waals surface area contributed by atoms with Crippen molar-refractivity contribution in [3.8, 4) is 0 Å². The Morgan fingerprint density at radius 1 is 1.11 bits per heavy atom. The van der Waals surface area contributed by atoms with Gasteiger partial charge in [-0.1, -0.05) is 23.8 Å². The van der Waals surface area contributed by atoms with Crippen molar-refractivity contribution >= 4 is 11.6 Å². The first-order chi connectivity index (χ1) is 9.08. The summed E-state index contributed by atoms with van der Waals surface area (Å²) in [6.45, 7) is 3.86. The lowest BCUT2D eigenvalue weighted by molar-refractivity contribution is 0.0894. The Balaban J connectivity index is 2.15. The Kier molecular flexibility index (Phi) is 3.85. The molecule has 3 heteroatoms. The summed E-state index contributed by atoms with van der Waals surface area (Å²) in [6.07, 6.45) is 2.97. The average Bonchev–Trinajstić information content (AvgIpc) is 2.39. The molecule has 0 atom stereocenters. The number of aryl methyl sites for hydroxylation is 2. The van der Waals surface area contributed by atoms with Crippen molar-refractivity contribution in [2.24, 2.45) is 0 Å². The average molecular weight is 253 g/mol. The Morgan fingerprint density at radius 3 is 2.53 bits per heavy atom. The van der Waals surface area contributed by atoms with E-state index in [0.717, 1.165) is 11.1 Å². The van der Waals surface area contributed by atoms with Crippen molar-refractivity contribution in [3.63, 3.8) is 0 Å². The van der Waals surface area contributed by atoms with Gasteiger partial charge in [0.1, 0.15) is 0 Å². The lowest BCUT2D eigenvalue weighted by atomic mass is 9.98. The molecule has 3 nitrogen and oxygen atoms in total. The van der Waals surface area contributed by atoms with Crippen LogP contribution in [0.4, 0.5) is 0 Å². The van der Waals surface area contributed by atoms with Crippen LogP contribution in [0.3, 0.4) is 0 Å². The second-order valence-electron chi connectivity index (χ2n) is 4.58. The van der Waals surface area contributed by atoms with E-state index < -0.39 is 0 Å². The molecular weight excluding hydrogens is 238 g/mol. The molecule has 0 aliphatic carbocycles. The first-order valence-corrected chi connectivity index (χ1v) is 6.11. The van der Waals surface area contributed by atoms with E-state index in [4.69, 9.17) is 0 Å². The Labute approximate surface area is 112 Å². The largest absolute Gasteiger partial charge is 0.294 e. The lowest BCUT2D eigenvalue weighted by Gasteiger charge is -2.05. The monoisotopic (exact) mass is 253 g/mol. The highest BCUT2D eigenvalue weighted by Gasteiger charge is 2.15. The van der Waals surface area contributed by atoms with Gasteiger partial charge in [-0.3, -0.25) is 14.6 Å². The topological polar surface area (TPSA) is 47.0 Å². The van der Waals surface area contributed by atoms with Crippen LogP contribution in [0, 0.1) is 13.8 Å². The second kappa shape index (κ2) is 5.57. The van der Waals surface area contributed by atoms with Gasteiger partial charge < -0.3 is 0 Å². The number of hydrogen-bond acceptors (Lipinski definition) is 3. The first-order valence-electron chi connectivity index (χ1n) is 6.11. The second-order valence-corrected chi connectivity index (χ2v) is 4.58. The molecule has 0 bridgehead atoms. The molecule has 0 aliphatic rings. The van der Waals surface area contributed by atoms with Gasteiger partial charge in [-0.25, -0.2) is 0 Å². The smallest absolute Gasteiger partial charge is 0.172 e. The molecule has 0 spiro atoms. The van der Waals surface area contributed by atoms with E-state index in [9.17, 15) is 9.59 Å². The van der Waals surface area contributed by atoms with Crippen molar-refractivity contribution in [2.45, 2.75) is 20.3 Å². The molecule has 2 rings (SSSR count). The van der Waals surface area contributed by atoms with E-state index in [2.05, 4.69) is 4.98 Å². The van der Waals surface area contributed by atoms with Gasteiger partial charge in [-0.15, -0.1) is 0 Å². The van der Waals surface area contributed by atoms with Crippen LogP contribution >= 0.6 is 0 Å². The minimum atomic E-state index is -0.196. The molecule has 0 N–H and O–H groups in total. The van der Waals surface area contributed by atoms with Crippen molar-refractivity contribution in [2.75, 3.05) is 0 Å². The van der Waals surface area contributed by atoms with Crippen LogP contribution in [0.15, 0.2) is 42.7 Å². The molecule has 0 aliphatic heterocycles. The van der Waals surface area contributed by atoms with Gasteiger partial charge in [0.2, 0.25) is 0 Å². The minimum absolute atomic E-state index is 0.115. The predicted molar refractivity (Wildman–Crippen MR) is 73.4 cm³/mol. The van der Waals surface area contributed by atoms with Crippen molar-refractivity contribution in [1.29, 1.82) is 0 Å². The molecule has 0 radical (unpaired) electrons. The zero-order valence-electron chi connectivity index (χ0n) is 11.0. The van der Waals surface area contributed by atoms with Crippen LogP contribution in [0.1, 0.15) is 38.3 Å². The number of ketones is 2. The third-order valence-corrected chi connectivity index (χ3v) is 2.99. The maximum absolute atomic E-state index is 12.1. The van der Waals surface area contributed by atoms with Gasteiger partial charge in [-0.2, -0.15) is 0 Å². The van der Waals surface area contributed by atoms with Crippen LogP contribution in [-0.2, 0) is 0 Å². The fourth-order valence-electron chi connectivity index (χ4n) is 2.00. The SMILES string of the molecule is Cc1ccc(C(=O)CC(=O)c2cccnc2)c(C)c1. The first kappa shape index (κ1) is 13.1. The normalized spacial score (nSPS) is 10.2. The van der Waals surface area contributed by atoms with Crippen LogP contribution in [0.5, 0.6) is 0 Å². The van der Waals surface area contributed by atoms with Gasteiger partial charge in [0, 0.05) is 23.5 Å². The van der Waals surface area contributed by atoms with Gasteiger partial charge in [-0.05, 0) is 31.5 Å². The number of aromatic nitrogens is 1. The van der Waals surface area contributed by atoms with Gasteiger partial charge >= 0.3 is 0 Å². The van der Waals surface area contributed by atoms with Crippen LogP contribution in [0.25, 0.3) is 0 Å². The van der Waals surface area contributed by atoms with Crippen molar-refractivity contribution in [1.82, 2.24) is 4.98 Å². The molecule has 0 amide bonds. The zero-order chi connectivity index (χ0) is 13.8. The van der Waals surface area contributed by atoms with Crippen LogP contribution in [0.2, 0.25) is 0 Å². The maximum Gasteiger partial charge on any atom is 0.172 e. The van der Waals surface area contributed by atoms with Crippen molar-refractivity contribution < 1.29 is 9.59 Å². The van der Waals surface area contributed by atoms with E-state index in [1.54, 1.807) is 24.4 Å². The summed E-state index contributed by atoms with van der Waals surface area (Å²) in [4.78, 5) is 27.9. The molecule has 1 heterocycles. The number of carbonyl (C=O) groups is 2. The number of pyridine rings is 1. The molecular formula is C16H15NO2. The number of carbonyl (C=O) groups excluding carboxylic acids is 2. The van der Waals surface area contributed by atoms with E-state index in [-0.39, 0.29) is 18.0 Å². The minimum Gasteiger partial charge on any atom is -0.294 e. The standard InChI is InChI=1S/C16H15NO2/c1-11-5-6-14(12(2)8-11)16(19)9-15(18)13-4-3-7-17-10-13/h3-8,10H,9H2,1-2H3. The number of nitrogens with zero attached hydrogens (tertiary/aromatic N) is 1. The number of rotatable bonds is 4. The van der Waals surface area contributed by atoms with E-state index in [0.29, 0.717) is 11.1 Å². The van der Waals surface area contributed by atoms with Crippen molar-refractivity contribution in [3.05, 3.63) is 65.0 Å². The fraction of sp³-hybridized carbons (Fsp3) is 0.188. The quantitative estimate of drug-likeness (QED) is 0.621. The molecule has 0 unspecified atom stereocenters. The van der Waals surface area contributed by atoms with E-state index in [1.807, 2.05) is 26.0 Å².